The Balaban J connectivity index is 2.08. The lowest BCUT2D eigenvalue weighted by molar-refractivity contribution is 0.687. The predicted octanol–water partition coefficient (Wildman–Crippen LogP) is 4.38. The minimum absolute atomic E-state index is 0.133. The summed E-state index contributed by atoms with van der Waals surface area (Å²) in [6.45, 7) is 1.80. The van der Waals surface area contributed by atoms with Gasteiger partial charge in [0.25, 0.3) is 5.56 Å². The molecule has 1 atom stereocenters. The summed E-state index contributed by atoms with van der Waals surface area (Å²) in [5.41, 5.74) is 4.76. The number of H-pyrrole nitrogens is 2. The third-order valence-electron chi connectivity index (χ3n) is 4.44. The number of fused-ring (bicyclic) bond motifs is 3. The van der Waals surface area contributed by atoms with E-state index in [1.807, 2.05) is 42.5 Å². The molecule has 0 saturated heterocycles. The molecule has 0 aliphatic rings. The molecule has 6 heteroatoms. The summed E-state index contributed by atoms with van der Waals surface area (Å²) in [6.07, 6.45) is 1.65. The Bertz CT molecular complexity index is 1210. The molecule has 2 aromatic carbocycles. The maximum absolute atomic E-state index is 12.5. The lowest BCUT2D eigenvalue weighted by Crippen LogP contribution is -2.10. The molecule has 4 rings (SSSR count). The first kappa shape index (κ1) is 16.1. The average Bonchev–Trinajstić information content (AvgIpc) is 2.93. The van der Waals surface area contributed by atoms with Crippen molar-refractivity contribution in [3.05, 3.63) is 63.4 Å². The predicted molar refractivity (Wildman–Crippen MR) is 104 cm³/mol. The molecule has 4 nitrogen and oxygen atoms in total. The second-order valence-corrected chi connectivity index (χ2v) is 7.81. The van der Waals surface area contributed by atoms with E-state index in [9.17, 15) is 9.00 Å². The van der Waals surface area contributed by atoms with Crippen LogP contribution in [0.1, 0.15) is 5.56 Å². The van der Waals surface area contributed by atoms with Crippen LogP contribution >= 0.6 is 11.6 Å². The smallest absolute Gasteiger partial charge is 0.252 e. The fraction of sp³-hybridized carbons (Fsp3) is 0.105. The highest BCUT2D eigenvalue weighted by molar-refractivity contribution is 7.84. The van der Waals surface area contributed by atoms with Crippen LogP contribution in [0.25, 0.3) is 33.1 Å². The van der Waals surface area contributed by atoms with E-state index in [0.717, 1.165) is 38.0 Å². The summed E-state index contributed by atoms with van der Waals surface area (Å²) in [6, 6.07) is 13.0. The van der Waals surface area contributed by atoms with Gasteiger partial charge in [0.05, 0.1) is 11.0 Å². The molecule has 25 heavy (non-hydrogen) atoms. The van der Waals surface area contributed by atoms with E-state index < -0.39 is 10.8 Å². The number of nitrogens with one attached hydrogen (secondary N) is 2. The number of pyridine rings is 1. The Morgan fingerprint density at radius 3 is 2.40 bits per heavy atom. The highest BCUT2D eigenvalue weighted by atomic mass is 35.5. The third kappa shape index (κ3) is 2.60. The molecular formula is C19H15ClN2O2S. The van der Waals surface area contributed by atoms with Crippen molar-refractivity contribution in [2.75, 3.05) is 6.26 Å². The van der Waals surface area contributed by atoms with Crippen LogP contribution in [0.4, 0.5) is 0 Å². The second-order valence-electron chi connectivity index (χ2n) is 6.00. The molecule has 0 radical (unpaired) electrons. The van der Waals surface area contributed by atoms with Gasteiger partial charge in [0.2, 0.25) is 0 Å². The fourth-order valence-corrected chi connectivity index (χ4v) is 3.86. The fourth-order valence-electron chi connectivity index (χ4n) is 3.16. The van der Waals surface area contributed by atoms with Crippen LogP contribution in [0.3, 0.4) is 0 Å². The SMILES string of the molecule is Cc1c(-c2ccc(S(C)=O)cc2)c2[nH]c3ccc(Cl)cc3c2[nH]c1=O. The summed E-state index contributed by atoms with van der Waals surface area (Å²) in [4.78, 5) is 19.6. The lowest BCUT2D eigenvalue weighted by Gasteiger charge is -2.08. The van der Waals surface area contributed by atoms with Gasteiger partial charge in [0, 0.05) is 49.0 Å². The first-order valence-electron chi connectivity index (χ1n) is 7.73. The number of aromatic amines is 2. The van der Waals surface area contributed by atoms with Gasteiger partial charge in [-0.05, 0) is 42.8 Å². The first-order valence-corrected chi connectivity index (χ1v) is 9.67. The quantitative estimate of drug-likeness (QED) is 0.550. The Kier molecular flexibility index (Phi) is 3.78. The molecule has 0 saturated carbocycles. The van der Waals surface area contributed by atoms with E-state index >= 15 is 0 Å². The average molecular weight is 371 g/mol. The molecule has 0 fully saturated rings. The van der Waals surface area contributed by atoms with Crippen LogP contribution in [-0.2, 0) is 10.8 Å². The van der Waals surface area contributed by atoms with Gasteiger partial charge in [-0.3, -0.25) is 9.00 Å². The van der Waals surface area contributed by atoms with Crippen LogP contribution in [0.2, 0.25) is 5.02 Å². The van der Waals surface area contributed by atoms with Crippen molar-refractivity contribution in [3.8, 4) is 11.1 Å². The lowest BCUT2D eigenvalue weighted by atomic mass is 10.0. The number of rotatable bonds is 2. The largest absolute Gasteiger partial charge is 0.353 e. The van der Waals surface area contributed by atoms with E-state index in [2.05, 4.69) is 9.97 Å². The van der Waals surface area contributed by atoms with Gasteiger partial charge < -0.3 is 9.97 Å². The zero-order valence-corrected chi connectivity index (χ0v) is 15.2. The molecule has 2 heterocycles. The zero-order valence-electron chi connectivity index (χ0n) is 13.6. The molecule has 0 amide bonds. The van der Waals surface area contributed by atoms with Crippen molar-refractivity contribution in [2.24, 2.45) is 0 Å². The van der Waals surface area contributed by atoms with Crippen LogP contribution in [0.15, 0.2) is 52.2 Å². The molecule has 4 aromatic rings. The third-order valence-corrected chi connectivity index (χ3v) is 5.61. The summed E-state index contributed by atoms with van der Waals surface area (Å²) < 4.78 is 11.6. The molecule has 2 N–H and O–H groups in total. The van der Waals surface area contributed by atoms with Gasteiger partial charge in [0.1, 0.15) is 0 Å². The standard InChI is InChI=1S/C19H15ClN2O2S/c1-10-16(11-3-6-13(7-4-11)25(2)24)18-17(22-19(10)23)14-9-12(20)5-8-15(14)21-18/h3-9,21H,1-2H3,(H,22,23). The van der Waals surface area contributed by atoms with Crippen LogP contribution in [0.5, 0.6) is 0 Å². The van der Waals surface area contributed by atoms with Gasteiger partial charge >= 0.3 is 0 Å². The summed E-state index contributed by atoms with van der Waals surface area (Å²) in [5, 5.41) is 1.50. The van der Waals surface area contributed by atoms with Gasteiger partial charge in [-0.2, -0.15) is 0 Å². The molecule has 2 aromatic heterocycles. The number of benzene rings is 2. The van der Waals surface area contributed by atoms with E-state index in [-0.39, 0.29) is 5.56 Å². The van der Waals surface area contributed by atoms with E-state index in [1.165, 1.54) is 0 Å². The molecule has 0 aliphatic heterocycles. The van der Waals surface area contributed by atoms with Crippen LogP contribution < -0.4 is 5.56 Å². The topological polar surface area (TPSA) is 65.7 Å². The molecular weight excluding hydrogens is 356 g/mol. The maximum atomic E-state index is 12.5. The summed E-state index contributed by atoms with van der Waals surface area (Å²) >= 11 is 6.12. The minimum atomic E-state index is -1.04. The number of hydrogen-bond donors (Lipinski definition) is 2. The van der Waals surface area contributed by atoms with Crippen molar-refractivity contribution in [2.45, 2.75) is 11.8 Å². The number of hydrogen-bond acceptors (Lipinski definition) is 2. The molecule has 0 bridgehead atoms. The Labute approximate surface area is 151 Å². The van der Waals surface area contributed by atoms with E-state index in [4.69, 9.17) is 11.6 Å². The van der Waals surface area contributed by atoms with Crippen molar-refractivity contribution in [3.63, 3.8) is 0 Å². The Morgan fingerprint density at radius 1 is 1.00 bits per heavy atom. The van der Waals surface area contributed by atoms with Gasteiger partial charge in [-0.25, -0.2) is 0 Å². The Morgan fingerprint density at radius 2 is 1.72 bits per heavy atom. The number of halogens is 1. The van der Waals surface area contributed by atoms with Gasteiger partial charge in [0.15, 0.2) is 0 Å². The van der Waals surface area contributed by atoms with E-state index in [0.29, 0.717) is 10.6 Å². The van der Waals surface area contributed by atoms with Crippen molar-refractivity contribution in [1.29, 1.82) is 0 Å². The van der Waals surface area contributed by atoms with Crippen molar-refractivity contribution in [1.82, 2.24) is 9.97 Å². The zero-order chi connectivity index (χ0) is 17.7. The molecule has 126 valence electrons. The Hall–Kier alpha value is -2.37. The first-order chi connectivity index (χ1) is 12.0. The van der Waals surface area contributed by atoms with Gasteiger partial charge in [-0.1, -0.05) is 23.7 Å². The molecule has 0 aliphatic carbocycles. The highest BCUT2D eigenvalue weighted by Gasteiger charge is 2.16. The minimum Gasteiger partial charge on any atom is -0.353 e. The van der Waals surface area contributed by atoms with Crippen molar-refractivity contribution >= 4 is 44.3 Å². The normalized spacial score (nSPS) is 12.8. The summed E-state index contributed by atoms with van der Waals surface area (Å²) in [7, 11) is -1.04. The molecule has 0 spiro atoms. The van der Waals surface area contributed by atoms with Crippen molar-refractivity contribution < 1.29 is 4.21 Å². The number of aromatic nitrogens is 2. The van der Waals surface area contributed by atoms with Crippen LogP contribution in [-0.4, -0.2) is 20.4 Å². The van der Waals surface area contributed by atoms with Crippen LogP contribution in [0, 0.1) is 6.92 Å². The molecule has 1 unspecified atom stereocenters. The summed E-state index contributed by atoms with van der Waals surface area (Å²) in [5.74, 6) is 0. The van der Waals surface area contributed by atoms with E-state index in [1.54, 1.807) is 13.2 Å². The highest BCUT2D eigenvalue weighted by Crippen LogP contribution is 2.34. The maximum Gasteiger partial charge on any atom is 0.252 e. The monoisotopic (exact) mass is 370 g/mol. The van der Waals surface area contributed by atoms with Gasteiger partial charge in [-0.15, -0.1) is 0 Å². The second kappa shape index (κ2) is 5.86.